The van der Waals surface area contributed by atoms with E-state index in [0.29, 0.717) is 28.6 Å². The zero-order valence-electron chi connectivity index (χ0n) is 20.9. The third kappa shape index (κ3) is 5.14. The van der Waals surface area contributed by atoms with Crippen LogP contribution in [0.3, 0.4) is 0 Å². The zero-order chi connectivity index (χ0) is 26.3. The third-order valence-corrected chi connectivity index (χ3v) is 7.74. The number of fused-ring (bicyclic) bond motifs is 1. The molecule has 1 aliphatic heterocycles. The molecule has 1 aromatic carbocycles. The number of alkyl halides is 3. The van der Waals surface area contributed by atoms with E-state index in [1.807, 2.05) is 11.6 Å². The maximum absolute atomic E-state index is 13.1. The molecule has 0 radical (unpaired) electrons. The van der Waals surface area contributed by atoms with Gasteiger partial charge >= 0.3 is 12.1 Å². The van der Waals surface area contributed by atoms with Gasteiger partial charge in [-0.2, -0.15) is 13.2 Å². The van der Waals surface area contributed by atoms with Crippen LogP contribution in [0.15, 0.2) is 24.3 Å². The number of benzene rings is 1. The standard InChI is InChI=1S/C26H31F3N6O2/c1-15(17-6-5-7-17)30-21-20-22(32-23(31-21)25(36)37)33-24(19-8-3-4-13-34(19)2)35(20)14-16-9-11-18(12-10-16)26(27,28)29/h9-12,15,17,19H,3-8,13-14H2,1-2H3,(H,36,37)(H,30,31,32)/t15-,19?/m1/s1. The van der Waals surface area contributed by atoms with E-state index < -0.39 is 17.7 Å². The van der Waals surface area contributed by atoms with Crippen molar-refractivity contribution < 1.29 is 23.1 Å². The van der Waals surface area contributed by atoms with Crippen LogP contribution in [0.2, 0.25) is 0 Å². The average molecular weight is 517 g/mol. The molecule has 0 bridgehead atoms. The van der Waals surface area contributed by atoms with Crippen molar-refractivity contribution in [3.8, 4) is 0 Å². The molecule has 11 heteroatoms. The van der Waals surface area contributed by atoms with Gasteiger partial charge in [-0.3, -0.25) is 4.90 Å². The van der Waals surface area contributed by atoms with E-state index in [1.165, 1.54) is 18.6 Å². The Labute approximate surface area is 212 Å². The molecule has 1 unspecified atom stereocenters. The number of carboxylic acid groups (broad SMARTS) is 1. The minimum Gasteiger partial charge on any atom is -0.475 e. The second kappa shape index (κ2) is 9.92. The maximum Gasteiger partial charge on any atom is 0.416 e. The summed E-state index contributed by atoms with van der Waals surface area (Å²) in [4.78, 5) is 27.5. The summed E-state index contributed by atoms with van der Waals surface area (Å²) in [5, 5.41) is 13.1. The van der Waals surface area contributed by atoms with Gasteiger partial charge in [-0.1, -0.05) is 25.0 Å². The lowest BCUT2D eigenvalue weighted by molar-refractivity contribution is -0.137. The molecule has 8 nitrogen and oxygen atoms in total. The first-order valence-corrected chi connectivity index (χ1v) is 12.8. The number of hydrogen-bond donors (Lipinski definition) is 2. The first kappa shape index (κ1) is 25.4. The molecule has 37 heavy (non-hydrogen) atoms. The highest BCUT2D eigenvalue weighted by atomic mass is 19.4. The first-order valence-electron chi connectivity index (χ1n) is 12.8. The van der Waals surface area contributed by atoms with Crippen molar-refractivity contribution in [1.82, 2.24) is 24.4 Å². The van der Waals surface area contributed by atoms with Gasteiger partial charge < -0.3 is 15.0 Å². The van der Waals surface area contributed by atoms with Crippen molar-refractivity contribution in [3.63, 3.8) is 0 Å². The molecule has 5 rings (SSSR count). The van der Waals surface area contributed by atoms with Crippen LogP contribution in [0, 0.1) is 5.92 Å². The van der Waals surface area contributed by atoms with Gasteiger partial charge in [0.1, 0.15) is 11.3 Å². The number of anilines is 1. The second-order valence-electron chi connectivity index (χ2n) is 10.2. The number of aromatic carboxylic acids is 1. The predicted molar refractivity (Wildman–Crippen MR) is 132 cm³/mol. The molecule has 1 saturated heterocycles. The predicted octanol–water partition coefficient (Wildman–Crippen LogP) is 5.35. The monoisotopic (exact) mass is 516 g/mol. The van der Waals surface area contributed by atoms with Crippen molar-refractivity contribution in [1.29, 1.82) is 0 Å². The van der Waals surface area contributed by atoms with Crippen LogP contribution in [0.1, 0.15) is 79.1 Å². The smallest absolute Gasteiger partial charge is 0.416 e. The molecule has 2 aromatic heterocycles. The van der Waals surface area contributed by atoms with E-state index in [-0.39, 0.29) is 30.1 Å². The second-order valence-corrected chi connectivity index (χ2v) is 10.2. The Morgan fingerprint density at radius 1 is 1.11 bits per heavy atom. The van der Waals surface area contributed by atoms with Gasteiger partial charge in [0, 0.05) is 12.6 Å². The zero-order valence-corrected chi connectivity index (χ0v) is 20.9. The van der Waals surface area contributed by atoms with Crippen LogP contribution >= 0.6 is 0 Å². The van der Waals surface area contributed by atoms with Crippen molar-refractivity contribution in [2.45, 2.75) is 70.3 Å². The summed E-state index contributed by atoms with van der Waals surface area (Å²) in [5.41, 5.74) is 0.819. The number of imidazole rings is 1. The molecule has 1 aliphatic carbocycles. The number of halogens is 3. The van der Waals surface area contributed by atoms with Crippen LogP contribution in [0.25, 0.3) is 11.2 Å². The largest absolute Gasteiger partial charge is 0.475 e. The van der Waals surface area contributed by atoms with Gasteiger partial charge in [0.25, 0.3) is 0 Å². The van der Waals surface area contributed by atoms with Crippen LogP contribution in [-0.4, -0.2) is 55.1 Å². The topological polar surface area (TPSA) is 96.2 Å². The Morgan fingerprint density at radius 2 is 1.84 bits per heavy atom. The van der Waals surface area contributed by atoms with Crippen LogP contribution in [0.5, 0.6) is 0 Å². The molecule has 3 aromatic rings. The SMILES string of the molecule is C[C@@H](Nc1nc(C(=O)O)nc2nc(C3CCCCN3C)n(Cc3ccc(C(F)(F)F)cc3)c12)C1CCC1. The number of nitrogens with one attached hydrogen (secondary N) is 1. The van der Waals surface area contributed by atoms with E-state index in [4.69, 9.17) is 4.98 Å². The number of aromatic nitrogens is 4. The molecule has 2 aliphatic rings. The number of likely N-dealkylation sites (tertiary alicyclic amines) is 1. The Morgan fingerprint density at radius 3 is 2.43 bits per heavy atom. The first-order chi connectivity index (χ1) is 17.6. The Balaban J connectivity index is 1.64. The quantitative estimate of drug-likeness (QED) is 0.437. The molecule has 2 atom stereocenters. The van der Waals surface area contributed by atoms with Gasteiger partial charge in [-0.25, -0.2) is 19.7 Å². The Hall–Kier alpha value is -3.21. The van der Waals surface area contributed by atoms with Crippen LogP contribution in [0.4, 0.5) is 19.0 Å². The fraction of sp³-hybridized carbons (Fsp3) is 0.538. The average Bonchev–Trinajstić information content (AvgIpc) is 3.16. The number of hydrogen-bond acceptors (Lipinski definition) is 6. The van der Waals surface area contributed by atoms with E-state index in [2.05, 4.69) is 27.1 Å². The Bertz CT molecular complexity index is 1290. The molecule has 3 heterocycles. The minimum absolute atomic E-state index is 0.0254. The molecular formula is C26H31F3N6O2. The van der Waals surface area contributed by atoms with Gasteiger partial charge in [0.15, 0.2) is 11.5 Å². The maximum atomic E-state index is 13.1. The summed E-state index contributed by atoms with van der Waals surface area (Å²) in [6.07, 6.45) is 1.91. The van der Waals surface area contributed by atoms with E-state index in [1.54, 1.807) is 0 Å². The summed E-state index contributed by atoms with van der Waals surface area (Å²) < 4.78 is 41.4. The summed E-state index contributed by atoms with van der Waals surface area (Å²) in [6.45, 7) is 3.21. The van der Waals surface area contributed by atoms with Gasteiger partial charge in [-0.15, -0.1) is 0 Å². The van der Waals surface area contributed by atoms with Crippen molar-refractivity contribution in [2.24, 2.45) is 5.92 Å². The number of rotatable bonds is 7. The molecule has 2 N–H and O–H groups in total. The van der Waals surface area contributed by atoms with Crippen molar-refractivity contribution >= 4 is 23.0 Å². The van der Waals surface area contributed by atoms with Gasteiger partial charge in [-0.05, 0) is 69.8 Å². The highest BCUT2D eigenvalue weighted by molar-refractivity contribution is 5.90. The third-order valence-electron chi connectivity index (χ3n) is 7.74. The lowest BCUT2D eigenvalue weighted by Gasteiger charge is -2.33. The normalized spacial score (nSPS) is 20.1. The van der Waals surface area contributed by atoms with Gasteiger partial charge in [0.05, 0.1) is 11.6 Å². The molecule has 1 saturated carbocycles. The summed E-state index contributed by atoms with van der Waals surface area (Å²) in [6, 6.07) is 5.15. The molecule has 0 amide bonds. The van der Waals surface area contributed by atoms with Crippen LogP contribution in [-0.2, 0) is 12.7 Å². The fourth-order valence-corrected chi connectivity index (χ4v) is 5.32. The molecular weight excluding hydrogens is 485 g/mol. The lowest BCUT2D eigenvalue weighted by Crippen LogP contribution is -2.32. The lowest BCUT2D eigenvalue weighted by atomic mass is 9.80. The van der Waals surface area contributed by atoms with Crippen molar-refractivity contribution in [2.75, 3.05) is 18.9 Å². The Kier molecular flexibility index (Phi) is 6.82. The summed E-state index contributed by atoms with van der Waals surface area (Å²) in [7, 11) is 2.03. The highest BCUT2D eigenvalue weighted by Gasteiger charge is 2.32. The van der Waals surface area contributed by atoms with Crippen molar-refractivity contribution in [3.05, 3.63) is 47.0 Å². The highest BCUT2D eigenvalue weighted by Crippen LogP contribution is 2.36. The van der Waals surface area contributed by atoms with Gasteiger partial charge in [0.2, 0.25) is 5.82 Å². The number of carbonyl (C=O) groups is 1. The molecule has 0 spiro atoms. The molecule has 2 fully saturated rings. The van der Waals surface area contributed by atoms with E-state index >= 15 is 0 Å². The fourth-order valence-electron chi connectivity index (χ4n) is 5.32. The van der Waals surface area contributed by atoms with Crippen LogP contribution < -0.4 is 5.32 Å². The summed E-state index contributed by atoms with van der Waals surface area (Å²) in [5.74, 6) is 0.00106. The van der Waals surface area contributed by atoms with E-state index in [0.717, 1.165) is 50.8 Å². The molecule has 198 valence electrons. The number of nitrogens with zero attached hydrogens (tertiary/aromatic N) is 5. The minimum atomic E-state index is -4.41. The number of carboxylic acids is 1. The van der Waals surface area contributed by atoms with E-state index in [9.17, 15) is 23.1 Å². The summed E-state index contributed by atoms with van der Waals surface area (Å²) >= 11 is 0. The number of piperidine rings is 1.